The molecule has 2 aromatic rings. The molecule has 0 aliphatic rings. The summed E-state index contributed by atoms with van der Waals surface area (Å²) in [5.74, 6) is -0.0745. The number of nitrogens with zero attached hydrogens (tertiary/aromatic N) is 2. The zero-order valence-electron chi connectivity index (χ0n) is 13.1. The maximum absolute atomic E-state index is 11.9. The molecule has 0 bridgehead atoms. The van der Waals surface area contributed by atoms with Crippen molar-refractivity contribution in [1.82, 2.24) is 9.78 Å². The number of amides is 1. The first-order chi connectivity index (χ1) is 10.9. The summed E-state index contributed by atoms with van der Waals surface area (Å²) in [4.78, 5) is 23.6. The number of carbonyl (C=O) groups is 2. The normalized spacial score (nSPS) is 10.5. The van der Waals surface area contributed by atoms with Gasteiger partial charge in [0.2, 0.25) is 5.91 Å². The van der Waals surface area contributed by atoms with Crippen LogP contribution in [0.3, 0.4) is 0 Å². The Morgan fingerprint density at radius 2 is 2.04 bits per heavy atom. The summed E-state index contributed by atoms with van der Waals surface area (Å²) in [6.07, 6.45) is 1.89. The first kappa shape index (κ1) is 17.1. The van der Waals surface area contributed by atoms with Gasteiger partial charge in [-0.1, -0.05) is 6.07 Å². The number of nitrogens with one attached hydrogen (secondary N) is 1. The zero-order valence-corrected chi connectivity index (χ0v) is 13.9. The van der Waals surface area contributed by atoms with E-state index in [9.17, 15) is 9.59 Å². The van der Waals surface area contributed by atoms with Gasteiger partial charge in [-0.3, -0.25) is 14.3 Å². The lowest BCUT2D eigenvalue weighted by molar-refractivity contribution is -0.137. The molecule has 1 amide bonds. The monoisotopic (exact) mass is 333 g/mol. The van der Waals surface area contributed by atoms with Crippen LogP contribution in [0, 0.1) is 13.8 Å². The van der Waals surface area contributed by atoms with E-state index in [1.165, 1.54) is 22.0 Å². The second kappa shape index (κ2) is 7.82. The lowest BCUT2D eigenvalue weighted by atomic mass is 10.1. The number of anilines is 1. The Kier molecular flexibility index (Phi) is 5.81. The number of carboxylic acid groups (broad SMARTS) is 1. The van der Waals surface area contributed by atoms with E-state index in [1.54, 1.807) is 17.8 Å². The third-order valence-electron chi connectivity index (χ3n) is 3.28. The average Bonchev–Trinajstić information content (AvgIpc) is 2.89. The number of rotatable bonds is 7. The Morgan fingerprint density at radius 1 is 1.26 bits per heavy atom. The van der Waals surface area contributed by atoms with Crippen molar-refractivity contribution in [2.24, 2.45) is 0 Å². The second-order valence-electron chi connectivity index (χ2n) is 5.18. The Hall–Kier alpha value is -2.28. The minimum atomic E-state index is -0.976. The van der Waals surface area contributed by atoms with Crippen molar-refractivity contribution in [3.63, 3.8) is 0 Å². The maximum Gasteiger partial charge on any atom is 0.325 e. The number of carboxylic acids is 1. The van der Waals surface area contributed by atoms with Crippen LogP contribution in [-0.4, -0.2) is 32.5 Å². The van der Waals surface area contributed by atoms with Crippen LogP contribution < -0.4 is 5.32 Å². The minimum absolute atomic E-state index is 0.137. The van der Waals surface area contributed by atoms with Crippen LogP contribution in [0.2, 0.25) is 0 Å². The fraction of sp³-hybridized carbons (Fsp3) is 0.312. The molecule has 2 rings (SSSR count). The van der Waals surface area contributed by atoms with Gasteiger partial charge in [-0.15, -0.1) is 11.8 Å². The van der Waals surface area contributed by atoms with Gasteiger partial charge >= 0.3 is 5.97 Å². The van der Waals surface area contributed by atoms with Crippen LogP contribution in [0.5, 0.6) is 0 Å². The summed E-state index contributed by atoms with van der Waals surface area (Å²) in [6, 6.07) is 7.83. The quantitative estimate of drug-likeness (QED) is 0.761. The van der Waals surface area contributed by atoms with Gasteiger partial charge in [0.25, 0.3) is 0 Å². The van der Waals surface area contributed by atoms with E-state index >= 15 is 0 Å². The standard InChI is InChI=1S/C16H19N3O3S/c1-11-3-4-13(9-12(11)2)23-8-6-15(20)17-14-5-7-19(18-14)10-16(21)22/h3-5,7,9H,6,8,10H2,1-2H3,(H,21,22)(H,17,18,20). The van der Waals surface area contributed by atoms with E-state index in [0.29, 0.717) is 18.0 Å². The summed E-state index contributed by atoms with van der Waals surface area (Å²) in [5.41, 5.74) is 2.49. The van der Waals surface area contributed by atoms with Gasteiger partial charge in [-0.2, -0.15) is 5.10 Å². The number of aliphatic carboxylic acids is 1. The van der Waals surface area contributed by atoms with Gasteiger partial charge in [0.1, 0.15) is 6.54 Å². The molecule has 0 radical (unpaired) electrons. The third-order valence-corrected chi connectivity index (χ3v) is 4.28. The van der Waals surface area contributed by atoms with Crippen molar-refractivity contribution in [2.45, 2.75) is 31.7 Å². The van der Waals surface area contributed by atoms with E-state index < -0.39 is 5.97 Å². The first-order valence-electron chi connectivity index (χ1n) is 7.19. The van der Waals surface area contributed by atoms with E-state index in [1.807, 2.05) is 0 Å². The molecule has 0 fully saturated rings. The summed E-state index contributed by atoms with van der Waals surface area (Å²) in [5, 5.41) is 15.3. The highest BCUT2D eigenvalue weighted by Gasteiger charge is 2.07. The molecule has 6 nitrogen and oxygen atoms in total. The predicted octanol–water partition coefficient (Wildman–Crippen LogP) is 2.71. The maximum atomic E-state index is 11.9. The summed E-state index contributed by atoms with van der Waals surface area (Å²) in [6.45, 7) is 3.92. The van der Waals surface area contributed by atoms with Crippen molar-refractivity contribution in [3.05, 3.63) is 41.6 Å². The van der Waals surface area contributed by atoms with Crippen LogP contribution in [0.25, 0.3) is 0 Å². The number of aryl methyl sites for hydroxylation is 2. The lowest BCUT2D eigenvalue weighted by Crippen LogP contribution is -2.14. The Morgan fingerprint density at radius 3 is 2.74 bits per heavy atom. The fourth-order valence-corrected chi connectivity index (χ4v) is 2.87. The van der Waals surface area contributed by atoms with Crippen LogP contribution in [-0.2, 0) is 16.1 Å². The Balaban J connectivity index is 1.77. The molecule has 0 aliphatic carbocycles. The van der Waals surface area contributed by atoms with Crippen LogP contribution in [0.1, 0.15) is 17.5 Å². The molecule has 1 heterocycles. The molecular weight excluding hydrogens is 314 g/mol. The first-order valence-corrected chi connectivity index (χ1v) is 8.18. The van der Waals surface area contributed by atoms with Crippen molar-refractivity contribution in [3.8, 4) is 0 Å². The summed E-state index contributed by atoms with van der Waals surface area (Å²) in [7, 11) is 0. The smallest absolute Gasteiger partial charge is 0.325 e. The Labute approximate surface area is 138 Å². The topological polar surface area (TPSA) is 84.2 Å². The highest BCUT2D eigenvalue weighted by molar-refractivity contribution is 7.99. The molecule has 0 atom stereocenters. The molecule has 0 saturated heterocycles. The van der Waals surface area contributed by atoms with Gasteiger partial charge in [0.05, 0.1) is 0 Å². The number of thioether (sulfide) groups is 1. The molecule has 0 aliphatic heterocycles. The van der Waals surface area contributed by atoms with E-state index in [-0.39, 0.29) is 12.5 Å². The molecule has 7 heteroatoms. The van der Waals surface area contributed by atoms with Crippen molar-refractivity contribution in [1.29, 1.82) is 0 Å². The van der Waals surface area contributed by atoms with Gasteiger partial charge < -0.3 is 10.4 Å². The molecule has 0 saturated carbocycles. The van der Waals surface area contributed by atoms with Crippen molar-refractivity contribution >= 4 is 29.5 Å². The van der Waals surface area contributed by atoms with Gasteiger partial charge in [-0.25, -0.2) is 0 Å². The minimum Gasteiger partial charge on any atom is -0.480 e. The average molecular weight is 333 g/mol. The molecule has 122 valence electrons. The van der Waals surface area contributed by atoms with E-state index in [2.05, 4.69) is 42.5 Å². The highest BCUT2D eigenvalue weighted by atomic mass is 32.2. The molecule has 0 unspecified atom stereocenters. The molecule has 1 aromatic heterocycles. The predicted molar refractivity (Wildman–Crippen MR) is 89.7 cm³/mol. The van der Waals surface area contributed by atoms with Crippen LogP contribution in [0.4, 0.5) is 5.82 Å². The molecule has 23 heavy (non-hydrogen) atoms. The van der Waals surface area contributed by atoms with Crippen molar-refractivity contribution < 1.29 is 14.7 Å². The van der Waals surface area contributed by atoms with Gasteiger partial charge in [-0.05, 0) is 37.1 Å². The SMILES string of the molecule is Cc1ccc(SCCC(=O)Nc2ccn(CC(=O)O)n2)cc1C. The number of carbonyl (C=O) groups excluding carboxylic acids is 1. The van der Waals surface area contributed by atoms with Crippen molar-refractivity contribution in [2.75, 3.05) is 11.1 Å². The Bertz CT molecular complexity index is 712. The zero-order chi connectivity index (χ0) is 16.8. The third kappa shape index (κ3) is 5.45. The molecule has 1 aromatic carbocycles. The van der Waals surface area contributed by atoms with Crippen LogP contribution >= 0.6 is 11.8 Å². The van der Waals surface area contributed by atoms with Gasteiger partial charge in [0, 0.05) is 29.3 Å². The number of benzene rings is 1. The largest absolute Gasteiger partial charge is 0.480 e. The summed E-state index contributed by atoms with van der Waals surface area (Å²) >= 11 is 1.63. The molecular formula is C16H19N3O3S. The van der Waals surface area contributed by atoms with Crippen LogP contribution in [0.15, 0.2) is 35.4 Å². The van der Waals surface area contributed by atoms with E-state index in [4.69, 9.17) is 5.11 Å². The van der Waals surface area contributed by atoms with E-state index in [0.717, 1.165) is 4.90 Å². The molecule has 2 N–H and O–H groups in total. The number of hydrogen-bond acceptors (Lipinski definition) is 4. The van der Waals surface area contributed by atoms with Gasteiger partial charge in [0.15, 0.2) is 5.82 Å². The number of hydrogen-bond donors (Lipinski definition) is 2. The second-order valence-corrected chi connectivity index (χ2v) is 6.35. The lowest BCUT2D eigenvalue weighted by Gasteiger charge is -2.05. The summed E-state index contributed by atoms with van der Waals surface area (Å²) < 4.78 is 1.27. The number of aromatic nitrogens is 2. The highest BCUT2D eigenvalue weighted by Crippen LogP contribution is 2.21. The molecule has 0 spiro atoms. The fourth-order valence-electron chi connectivity index (χ4n) is 1.93.